The molecule has 0 amide bonds. The highest BCUT2D eigenvalue weighted by molar-refractivity contribution is 5.80. The van der Waals surface area contributed by atoms with Crippen molar-refractivity contribution in [2.24, 2.45) is 5.92 Å². The summed E-state index contributed by atoms with van der Waals surface area (Å²) >= 11 is 0. The van der Waals surface area contributed by atoms with Crippen LogP contribution >= 0.6 is 0 Å². The van der Waals surface area contributed by atoms with Gasteiger partial charge in [-0.1, -0.05) is 13.8 Å². The lowest BCUT2D eigenvalue weighted by atomic mass is 10.0. The molecule has 0 aliphatic heterocycles. The molecule has 4 N–H and O–H groups in total. The Hall–Kier alpha value is -2.05. The second-order valence-corrected chi connectivity index (χ2v) is 3.88. The number of H-pyrrole nitrogens is 1. The predicted octanol–water partition coefficient (Wildman–Crippen LogP) is -0.0384. The Labute approximate surface area is 98.4 Å². The van der Waals surface area contributed by atoms with E-state index in [0.717, 1.165) is 0 Å². The number of ether oxygens (including phenoxy) is 1. The minimum absolute atomic E-state index is 0.0251. The Morgan fingerprint density at radius 1 is 1.59 bits per heavy atom. The summed E-state index contributed by atoms with van der Waals surface area (Å²) in [6, 6.07) is -0.600. The van der Waals surface area contributed by atoms with E-state index in [4.69, 9.17) is 5.73 Å². The second kappa shape index (κ2) is 5.33. The third-order valence-electron chi connectivity index (χ3n) is 2.30. The molecule has 1 heterocycles. The Bertz CT molecular complexity index is 455. The Kier molecular flexibility index (Phi) is 4.08. The van der Waals surface area contributed by atoms with Gasteiger partial charge in [0, 0.05) is 0 Å². The smallest absolute Gasteiger partial charge is 0.328 e. The first kappa shape index (κ1) is 13.0. The van der Waals surface area contributed by atoms with Crippen LogP contribution < -0.4 is 16.6 Å². The predicted molar refractivity (Wildman–Crippen MR) is 63.5 cm³/mol. The zero-order valence-corrected chi connectivity index (χ0v) is 9.98. The maximum absolute atomic E-state index is 11.5. The zero-order chi connectivity index (χ0) is 13.0. The Balaban J connectivity index is 2.98. The summed E-state index contributed by atoms with van der Waals surface area (Å²) in [5.41, 5.74) is 5.05. The van der Waals surface area contributed by atoms with Crippen LogP contribution in [0.15, 0.2) is 11.1 Å². The molecule has 0 saturated heterocycles. The fraction of sp³-hybridized carbons (Fsp3) is 0.500. The molecule has 0 aromatic carbocycles. The number of anilines is 2. The van der Waals surface area contributed by atoms with Crippen LogP contribution in [0, 0.1) is 5.92 Å². The number of nitrogen functional groups attached to an aromatic ring is 1. The number of nitrogens with zero attached hydrogens (tertiary/aromatic N) is 1. The monoisotopic (exact) mass is 240 g/mol. The number of esters is 1. The van der Waals surface area contributed by atoms with Crippen molar-refractivity contribution in [3.63, 3.8) is 0 Å². The highest BCUT2D eigenvalue weighted by atomic mass is 16.5. The molecule has 0 bridgehead atoms. The van der Waals surface area contributed by atoms with Crippen LogP contribution in [0.1, 0.15) is 13.8 Å². The van der Waals surface area contributed by atoms with Gasteiger partial charge in [-0.05, 0) is 5.92 Å². The molecule has 1 atom stereocenters. The second-order valence-electron chi connectivity index (χ2n) is 3.88. The number of hydrogen-bond acceptors (Lipinski definition) is 6. The molecule has 7 heteroatoms. The average Bonchev–Trinajstić information content (AvgIpc) is 2.29. The van der Waals surface area contributed by atoms with Gasteiger partial charge in [0.05, 0.1) is 13.4 Å². The van der Waals surface area contributed by atoms with E-state index in [1.807, 2.05) is 13.8 Å². The molecule has 0 aliphatic carbocycles. The van der Waals surface area contributed by atoms with E-state index >= 15 is 0 Å². The topological polar surface area (TPSA) is 110 Å². The van der Waals surface area contributed by atoms with Gasteiger partial charge in [-0.2, -0.15) is 0 Å². The normalized spacial score (nSPS) is 12.2. The highest BCUT2D eigenvalue weighted by Gasteiger charge is 2.24. The van der Waals surface area contributed by atoms with Crippen molar-refractivity contribution in [1.82, 2.24) is 9.97 Å². The summed E-state index contributed by atoms with van der Waals surface area (Å²) in [4.78, 5) is 29.0. The lowest BCUT2D eigenvalue weighted by Gasteiger charge is -2.20. The molecule has 0 spiro atoms. The van der Waals surface area contributed by atoms with Crippen molar-refractivity contribution in [2.45, 2.75) is 19.9 Å². The maximum Gasteiger partial charge on any atom is 0.328 e. The third-order valence-corrected chi connectivity index (χ3v) is 2.30. The van der Waals surface area contributed by atoms with Crippen LogP contribution in [0.3, 0.4) is 0 Å². The third kappa shape index (κ3) is 2.96. The largest absolute Gasteiger partial charge is 0.467 e. The lowest BCUT2D eigenvalue weighted by Crippen LogP contribution is -2.36. The number of nitrogens with one attached hydrogen (secondary N) is 2. The van der Waals surface area contributed by atoms with Crippen molar-refractivity contribution >= 4 is 17.5 Å². The van der Waals surface area contributed by atoms with Crippen LogP contribution in [-0.2, 0) is 9.53 Å². The van der Waals surface area contributed by atoms with Gasteiger partial charge in [-0.15, -0.1) is 0 Å². The molecule has 7 nitrogen and oxygen atoms in total. The van der Waals surface area contributed by atoms with E-state index in [1.165, 1.54) is 13.4 Å². The van der Waals surface area contributed by atoms with Crippen molar-refractivity contribution in [2.75, 3.05) is 18.2 Å². The van der Waals surface area contributed by atoms with Gasteiger partial charge < -0.3 is 20.8 Å². The van der Waals surface area contributed by atoms with Gasteiger partial charge in [0.2, 0.25) is 0 Å². The Morgan fingerprint density at radius 2 is 2.24 bits per heavy atom. The molecule has 1 aromatic heterocycles. The van der Waals surface area contributed by atoms with Crippen LogP contribution in [0.2, 0.25) is 0 Å². The van der Waals surface area contributed by atoms with E-state index in [-0.39, 0.29) is 17.4 Å². The molecular formula is C10H16N4O3. The summed E-state index contributed by atoms with van der Waals surface area (Å²) in [5.74, 6) is -0.276. The number of carbonyl (C=O) groups excluding carboxylic acids is 1. The lowest BCUT2D eigenvalue weighted by molar-refractivity contribution is -0.142. The number of methoxy groups -OCH3 is 1. The first-order chi connectivity index (χ1) is 7.97. The van der Waals surface area contributed by atoms with Crippen molar-refractivity contribution in [1.29, 1.82) is 0 Å². The highest BCUT2D eigenvalue weighted by Crippen LogP contribution is 2.14. The number of carbonyl (C=O) groups is 1. The number of aromatic amines is 1. The molecule has 0 radical (unpaired) electrons. The van der Waals surface area contributed by atoms with E-state index in [0.29, 0.717) is 0 Å². The maximum atomic E-state index is 11.5. The molecule has 0 saturated carbocycles. The SMILES string of the molecule is COC(=O)C(Nc1nc[nH]c(=O)c1N)C(C)C. The number of aromatic nitrogens is 2. The minimum Gasteiger partial charge on any atom is -0.467 e. The first-order valence-electron chi connectivity index (χ1n) is 5.15. The van der Waals surface area contributed by atoms with E-state index in [9.17, 15) is 9.59 Å². The van der Waals surface area contributed by atoms with Gasteiger partial charge in [-0.3, -0.25) is 4.79 Å². The Morgan fingerprint density at radius 3 is 2.76 bits per heavy atom. The molecule has 0 fully saturated rings. The van der Waals surface area contributed by atoms with Crippen molar-refractivity contribution < 1.29 is 9.53 Å². The number of hydrogen-bond donors (Lipinski definition) is 3. The summed E-state index contributed by atoms with van der Waals surface area (Å²) in [7, 11) is 1.30. The fourth-order valence-corrected chi connectivity index (χ4v) is 1.30. The molecule has 17 heavy (non-hydrogen) atoms. The fourth-order valence-electron chi connectivity index (χ4n) is 1.30. The van der Waals surface area contributed by atoms with Crippen LogP contribution in [-0.4, -0.2) is 29.1 Å². The molecule has 94 valence electrons. The zero-order valence-electron chi connectivity index (χ0n) is 9.98. The van der Waals surface area contributed by atoms with Crippen molar-refractivity contribution in [3.8, 4) is 0 Å². The molecule has 0 aliphatic rings. The summed E-state index contributed by atoms with van der Waals surface area (Å²) in [6.45, 7) is 3.69. The van der Waals surface area contributed by atoms with Gasteiger partial charge >= 0.3 is 5.97 Å². The summed E-state index contributed by atoms with van der Waals surface area (Å²) in [5, 5.41) is 2.81. The van der Waals surface area contributed by atoms with Gasteiger partial charge in [-0.25, -0.2) is 9.78 Å². The van der Waals surface area contributed by atoms with Crippen LogP contribution in [0.5, 0.6) is 0 Å². The molecular weight excluding hydrogens is 224 g/mol. The number of nitrogens with two attached hydrogens (primary N) is 1. The van der Waals surface area contributed by atoms with E-state index < -0.39 is 17.6 Å². The summed E-state index contributed by atoms with van der Waals surface area (Å²) < 4.78 is 4.66. The summed E-state index contributed by atoms with van der Waals surface area (Å²) in [6.07, 6.45) is 1.22. The van der Waals surface area contributed by atoms with Gasteiger partial charge in [0.25, 0.3) is 5.56 Å². The standard InChI is InChI=1S/C10H16N4O3/c1-5(2)7(10(16)17-3)14-8-6(11)9(15)13-4-12-8/h4-5,7H,11H2,1-3H3,(H2,12,13,14,15). The first-order valence-corrected chi connectivity index (χ1v) is 5.15. The molecule has 1 aromatic rings. The quantitative estimate of drug-likeness (QED) is 0.637. The molecule has 1 rings (SSSR count). The van der Waals surface area contributed by atoms with Gasteiger partial charge in [0.15, 0.2) is 5.82 Å². The molecule has 1 unspecified atom stereocenters. The number of rotatable bonds is 4. The van der Waals surface area contributed by atoms with Crippen LogP contribution in [0.25, 0.3) is 0 Å². The minimum atomic E-state index is -0.600. The van der Waals surface area contributed by atoms with Gasteiger partial charge in [0.1, 0.15) is 11.7 Å². The average molecular weight is 240 g/mol. The van der Waals surface area contributed by atoms with E-state index in [2.05, 4.69) is 20.0 Å². The van der Waals surface area contributed by atoms with E-state index in [1.54, 1.807) is 0 Å². The van der Waals surface area contributed by atoms with Crippen LogP contribution in [0.4, 0.5) is 11.5 Å². The van der Waals surface area contributed by atoms with Crippen molar-refractivity contribution in [3.05, 3.63) is 16.7 Å².